The Bertz CT molecular complexity index is 1120. The van der Waals surface area contributed by atoms with Crippen LogP contribution in [0.25, 0.3) is 0 Å². The summed E-state index contributed by atoms with van der Waals surface area (Å²) in [6.07, 6.45) is 2.90. The van der Waals surface area contributed by atoms with Crippen LogP contribution in [0.2, 0.25) is 5.02 Å². The molecule has 1 aliphatic heterocycles. The second-order valence-electron chi connectivity index (χ2n) is 7.85. The van der Waals surface area contributed by atoms with Crippen molar-refractivity contribution < 1.29 is 4.74 Å². The SMILES string of the molecule is CN(C)C1CCN(c2ncc(Sc3ccc(C#N)cc3)c(OCc3cccc(Cl)c3)n2)C1. The summed E-state index contributed by atoms with van der Waals surface area (Å²) in [6.45, 7) is 2.17. The van der Waals surface area contributed by atoms with Crippen LogP contribution in [0.5, 0.6) is 5.88 Å². The molecule has 0 saturated carbocycles. The molecular formula is C24H24ClN5OS. The summed E-state index contributed by atoms with van der Waals surface area (Å²) in [7, 11) is 4.21. The molecule has 1 aromatic heterocycles. The normalized spacial score (nSPS) is 15.7. The van der Waals surface area contributed by atoms with Gasteiger partial charge in [-0.25, -0.2) is 4.98 Å². The van der Waals surface area contributed by atoms with Crippen LogP contribution in [0.4, 0.5) is 5.95 Å². The zero-order chi connectivity index (χ0) is 22.5. The molecule has 1 unspecified atom stereocenters. The number of likely N-dealkylation sites (N-methyl/N-ethyl adjacent to an activating group) is 1. The van der Waals surface area contributed by atoms with Crippen LogP contribution < -0.4 is 9.64 Å². The smallest absolute Gasteiger partial charge is 0.232 e. The van der Waals surface area contributed by atoms with Crippen LogP contribution in [0.3, 0.4) is 0 Å². The zero-order valence-corrected chi connectivity index (χ0v) is 19.6. The fourth-order valence-electron chi connectivity index (χ4n) is 3.52. The summed E-state index contributed by atoms with van der Waals surface area (Å²) >= 11 is 7.64. The average Bonchev–Trinajstić information content (AvgIpc) is 3.30. The largest absolute Gasteiger partial charge is 0.472 e. The van der Waals surface area contributed by atoms with Gasteiger partial charge >= 0.3 is 0 Å². The number of hydrogen-bond acceptors (Lipinski definition) is 7. The molecule has 2 aromatic carbocycles. The van der Waals surface area contributed by atoms with E-state index in [1.54, 1.807) is 12.1 Å². The van der Waals surface area contributed by atoms with Crippen LogP contribution in [-0.4, -0.2) is 48.1 Å². The molecule has 1 fully saturated rings. The number of benzene rings is 2. The minimum Gasteiger partial charge on any atom is -0.472 e. The molecule has 32 heavy (non-hydrogen) atoms. The number of nitrogens with zero attached hydrogens (tertiary/aromatic N) is 5. The van der Waals surface area contributed by atoms with E-state index in [1.165, 1.54) is 11.8 Å². The Morgan fingerprint density at radius 2 is 2.06 bits per heavy atom. The first-order valence-corrected chi connectivity index (χ1v) is 11.5. The molecule has 1 aliphatic rings. The highest BCUT2D eigenvalue weighted by Crippen LogP contribution is 2.35. The lowest BCUT2D eigenvalue weighted by atomic mass is 10.2. The maximum Gasteiger partial charge on any atom is 0.232 e. The highest BCUT2D eigenvalue weighted by Gasteiger charge is 2.26. The van der Waals surface area contributed by atoms with Crippen LogP contribution in [0, 0.1) is 11.3 Å². The standard InChI is InChI=1S/C24H24ClN5OS/c1-29(2)20-10-11-30(15-20)24-27-14-22(32-21-8-6-17(13-26)7-9-21)23(28-24)31-16-18-4-3-5-19(25)12-18/h3-9,12,14,20H,10-11,15-16H2,1-2H3. The van der Waals surface area contributed by atoms with E-state index in [1.807, 2.05) is 42.6 Å². The van der Waals surface area contributed by atoms with Crippen molar-refractivity contribution in [1.29, 1.82) is 5.26 Å². The third kappa shape index (κ3) is 5.52. The molecule has 0 N–H and O–H groups in total. The van der Waals surface area contributed by atoms with Gasteiger partial charge in [-0.15, -0.1) is 0 Å². The zero-order valence-electron chi connectivity index (χ0n) is 18.0. The van der Waals surface area contributed by atoms with Gasteiger partial charge in [0.25, 0.3) is 0 Å². The van der Waals surface area contributed by atoms with Crippen LogP contribution >= 0.6 is 23.4 Å². The maximum absolute atomic E-state index is 9.03. The summed E-state index contributed by atoms with van der Waals surface area (Å²) < 4.78 is 6.15. The van der Waals surface area contributed by atoms with Gasteiger partial charge in [0.2, 0.25) is 11.8 Å². The predicted octanol–water partition coefficient (Wildman–Crippen LogP) is 4.87. The van der Waals surface area contributed by atoms with Crippen molar-refractivity contribution in [2.45, 2.75) is 28.9 Å². The second kappa shape index (κ2) is 10.2. The van der Waals surface area contributed by atoms with Gasteiger partial charge in [0.15, 0.2) is 0 Å². The van der Waals surface area contributed by atoms with Gasteiger partial charge in [0, 0.05) is 29.0 Å². The number of anilines is 1. The Labute approximate surface area is 197 Å². The first-order valence-electron chi connectivity index (χ1n) is 10.4. The highest BCUT2D eigenvalue weighted by atomic mass is 35.5. The molecule has 8 heteroatoms. The summed E-state index contributed by atoms with van der Waals surface area (Å²) in [6, 6.07) is 17.7. The molecule has 1 atom stereocenters. The van der Waals surface area contributed by atoms with Crippen molar-refractivity contribution in [2.75, 3.05) is 32.1 Å². The lowest BCUT2D eigenvalue weighted by Gasteiger charge is -2.21. The van der Waals surface area contributed by atoms with Crippen LogP contribution in [0.1, 0.15) is 17.5 Å². The average molecular weight is 466 g/mol. The van der Waals surface area contributed by atoms with Gasteiger partial charge in [-0.2, -0.15) is 10.2 Å². The first kappa shape index (κ1) is 22.4. The van der Waals surface area contributed by atoms with Crippen molar-refractivity contribution in [3.8, 4) is 11.9 Å². The van der Waals surface area contributed by atoms with E-state index >= 15 is 0 Å². The number of hydrogen-bond donors (Lipinski definition) is 0. The van der Waals surface area contributed by atoms with Crippen LogP contribution in [0.15, 0.2) is 64.5 Å². The van der Waals surface area contributed by atoms with E-state index in [2.05, 4.69) is 34.9 Å². The van der Waals surface area contributed by atoms with Crippen molar-refractivity contribution >= 4 is 29.3 Å². The number of rotatable bonds is 7. The van der Waals surface area contributed by atoms with E-state index in [4.69, 9.17) is 26.6 Å². The predicted molar refractivity (Wildman–Crippen MR) is 127 cm³/mol. The molecule has 4 rings (SSSR count). The molecule has 2 heterocycles. The molecule has 0 amide bonds. The lowest BCUT2D eigenvalue weighted by molar-refractivity contribution is 0.285. The topological polar surface area (TPSA) is 65.3 Å². The molecule has 0 bridgehead atoms. The fourth-order valence-corrected chi connectivity index (χ4v) is 4.56. The third-order valence-corrected chi connectivity index (χ3v) is 6.60. The molecule has 6 nitrogen and oxygen atoms in total. The number of halogens is 1. The Balaban J connectivity index is 1.58. The Kier molecular flexibility index (Phi) is 7.15. The van der Waals surface area contributed by atoms with Crippen molar-refractivity contribution in [1.82, 2.24) is 14.9 Å². The molecule has 3 aromatic rings. The second-order valence-corrected chi connectivity index (χ2v) is 9.40. The van der Waals surface area contributed by atoms with E-state index in [-0.39, 0.29) is 0 Å². The van der Waals surface area contributed by atoms with Crippen LogP contribution in [-0.2, 0) is 6.61 Å². The van der Waals surface area contributed by atoms with Gasteiger partial charge in [-0.05, 0) is 62.5 Å². The van der Waals surface area contributed by atoms with Gasteiger partial charge < -0.3 is 14.5 Å². The van der Waals surface area contributed by atoms with Crippen molar-refractivity contribution in [3.63, 3.8) is 0 Å². The highest BCUT2D eigenvalue weighted by molar-refractivity contribution is 7.99. The number of aromatic nitrogens is 2. The summed E-state index contributed by atoms with van der Waals surface area (Å²) in [5, 5.41) is 9.71. The minimum atomic E-state index is 0.359. The fraction of sp³-hybridized carbons (Fsp3) is 0.292. The first-order chi connectivity index (χ1) is 15.5. The third-order valence-electron chi connectivity index (χ3n) is 5.36. The quantitative estimate of drug-likeness (QED) is 0.493. The maximum atomic E-state index is 9.03. The summed E-state index contributed by atoms with van der Waals surface area (Å²) in [4.78, 5) is 15.7. The Morgan fingerprint density at radius 1 is 1.25 bits per heavy atom. The van der Waals surface area contributed by atoms with Gasteiger partial charge in [-0.1, -0.05) is 35.5 Å². The summed E-state index contributed by atoms with van der Waals surface area (Å²) in [5.74, 6) is 1.22. The lowest BCUT2D eigenvalue weighted by Crippen LogP contribution is -2.32. The summed E-state index contributed by atoms with van der Waals surface area (Å²) in [5.41, 5.74) is 1.60. The monoisotopic (exact) mass is 465 g/mol. The van der Waals surface area contributed by atoms with E-state index < -0.39 is 0 Å². The molecular weight excluding hydrogens is 442 g/mol. The molecule has 0 radical (unpaired) electrons. The number of nitriles is 1. The van der Waals surface area contributed by atoms with E-state index in [0.717, 1.165) is 34.9 Å². The molecule has 0 spiro atoms. The van der Waals surface area contributed by atoms with Crippen molar-refractivity contribution in [2.24, 2.45) is 0 Å². The Hall–Kier alpha value is -2.79. The van der Waals surface area contributed by atoms with Gasteiger partial charge in [0.05, 0.1) is 22.7 Å². The molecule has 1 saturated heterocycles. The van der Waals surface area contributed by atoms with E-state index in [9.17, 15) is 0 Å². The molecule has 164 valence electrons. The number of ether oxygens (including phenoxy) is 1. The van der Waals surface area contributed by atoms with Gasteiger partial charge in [0.1, 0.15) is 6.61 Å². The van der Waals surface area contributed by atoms with Crippen molar-refractivity contribution in [3.05, 3.63) is 70.9 Å². The molecule has 0 aliphatic carbocycles. The Morgan fingerprint density at radius 3 is 2.75 bits per heavy atom. The van der Waals surface area contributed by atoms with E-state index in [0.29, 0.717) is 35.1 Å². The minimum absolute atomic E-state index is 0.359. The van der Waals surface area contributed by atoms with Gasteiger partial charge in [-0.3, -0.25) is 0 Å².